The van der Waals surface area contributed by atoms with E-state index in [1.54, 1.807) is 6.20 Å². The van der Waals surface area contributed by atoms with Crippen molar-refractivity contribution in [1.29, 1.82) is 0 Å². The molecule has 3 heterocycles. The van der Waals surface area contributed by atoms with Gasteiger partial charge in [-0.3, -0.25) is 4.79 Å². The van der Waals surface area contributed by atoms with Crippen LogP contribution in [0.3, 0.4) is 0 Å². The van der Waals surface area contributed by atoms with Crippen LogP contribution in [0.25, 0.3) is 11.0 Å². The number of carbonyl (C=O) groups excluding carboxylic acids is 1. The topological polar surface area (TPSA) is 69.0 Å². The molecule has 0 radical (unpaired) electrons. The Morgan fingerprint density at radius 3 is 2.83 bits per heavy atom. The van der Waals surface area contributed by atoms with Crippen LogP contribution < -0.4 is 5.32 Å². The Labute approximate surface area is 142 Å². The SMILES string of the molecule is CC(C)c1cc(C(=O)NC[C@@H]2CCCO2)c2cnn(C(C)C)c2n1. The quantitative estimate of drug-likeness (QED) is 0.915. The van der Waals surface area contributed by atoms with Gasteiger partial charge in [0.1, 0.15) is 0 Å². The van der Waals surface area contributed by atoms with Gasteiger partial charge in [-0.25, -0.2) is 9.67 Å². The normalized spacial score (nSPS) is 18.0. The summed E-state index contributed by atoms with van der Waals surface area (Å²) >= 11 is 0. The molecule has 0 spiro atoms. The van der Waals surface area contributed by atoms with E-state index in [0.717, 1.165) is 36.2 Å². The molecule has 1 N–H and O–H groups in total. The molecule has 1 atom stereocenters. The number of nitrogens with one attached hydrogen (secondary N) is 1. The lowest BCUT2D eigenvalue weighted by atomic mass is 10.0. The maximum absolute atomic E-state index is 12.7. The average Bonchev–Trinajstić information content (AvgIpc) is 3.20. The van der Waals surface area contributed by atoms with Gasteiger partial charge in [-0.15, -0.1) is 0 Å². The maximum atomic E-state index is 12.7. The predicted molar refractivity (Wildman–Crippen MR) is 93.3 cm³/mol. The lowest BCUT2D eigenvalue weighted by molar-refractivity contribution is 0.0859. The summed E-state index contributed by atoms with van der Waals surface area (Å²) in [6, 6.07) is 2.09. The molecule has 1 aliphatic heterocycles. The highest BCUT2D eigenvalue weighted by Crippen LogP contribution is 2.24. The molecule has 0 bridgehead atoms. The fraction of sp³-hybridized carbons (Fsp3) is 0.611. The second-order valence-electron chi connectivity index (χ2n) is 7.01. The molecule has 3 rings (SSSR count). The van der Waals surface area contributed by atoms with Gasteiger partial charge in [-0.1, -0.05) is 13.8 Å². The van der Waals surface area contributed by atoms with Crippen molar-refractivity contribution in [3.05, 3.63) is 23.5 Å². The summed E-state index contributed by atoms with van der Waals surface area (Å²) in [4.78, 5) is 17.5. The fourth-order valence-electron chi connectivity index (χ4n) is 3.01. The van der Waals surface area contributed by atoms with Gasteiger partial charge < -0.3 is 10.1 Å². The van der Waals surface area contributed by atoms with Crippen molar-refractivity contribution in [2.24, 2.45) is 0 Å². The first-order valence-electron chi connectivity index (χ1n) is 8.75. The fourth-order valence-corrected chi connectivity index (χ4v) is 3.01. The molecule has 0 unspecified atom stereocenters. The summed E-state index contributed by atoms with van der Waals surface area (Å²) in [5.74, 6) is 0.165. The van der Waals surface area contributed by atoms with Gasteiger partial charge in [0.15, 0.2) is 5.65 Å². The summed E-state index contributed by atoms with van der Waals surface area (Å²) in [7, 11) is 0. The highest BCUT2D eigenvalue weighted by atomic mass is 16.5. The van der Waals surface area contributed by atoms with E-state index in [1.807, 2.05) is 10.7 Å². The Hall–Kier alpha value is -1.95. The monoisotopic (exact) mass is 330 g/mol. The van der Waals surface area contributed by atoms with Gasteiger partial charge in [0, 0.05) is 24.9 Å². The minimum Gasteiger partial charge on any atom is -0.376 e. The van der Waals surface area contributed by atoms with Crippen LogP contribution in [0.15, 0.2) is 12.3 Å². The Balaban J connectivity index is 1.94. The zero-order chi connectivity index (χ0) is 17.3. The van der Waals surface area contributed by atoms with Crippen molar-refractivity contribution >= 4 is 16.9 Å². The molecule has 6 nitrogen and oxygen atoms in total. The Kier molecular flexibility index (Phi) is 4.85. The third-order valence-corrected chi connectivity index (χ3v) is 4.43. The van der Waals surface area contributed by atoms with Crippen LogP contribution in [0, 0.1) is 0 Å². The van der Waals surface area contributed by atoms with E-state index in [4.69, 9.17) is 9.72 Å². The van der Waals surface area contributed by atoms with Crippen LogP contribution in [0.5, 0.6) is 0 Å². The van der Waals surface area contributed by atoms with Crippen LogP contribution in [0.2, 0.25) is 0 Å². The number of fused-ring (bicyclic) bond motifs is 1. The van der Waals surface area contributed by atoms with E-state index in [-0.39, 0.29) is 24.0 Å². The molecule has 1 amide bonds. The van der Waals surface area contributed by atoms with Crippen LogP contribution in [-0.2, 0) is 4.74 Å². The highest BCUT2D eigenvalue weighted by molar-refractivity contribution is 6.05. The molecule has 2 aromatic rings. The van der Waals surface area contributed by atoms with E-state index in [9.17, 15) is 4.79 Å². The van der Waals surface area contributed by atoms with Crippen molar-refractivity contribution in [3.8, 4) is 0 Å². The lowest BCUT2D eigenvalue weighted by Crippen LogP contribution is -2.32. The number of rotatable bonds is 5. The molecule has 0 aliphatic carbocycles. The molecular weight excluding hydrogens is 304 g/mol. The third-order valence-electron chi connectivity index (χ3n) is 4.43. The van der Waals surface area contributed by atoms with E-state index >= 15 is 0 Å². The minimum atomic E-state index is -0.0805. The van der Waals surface area contributed by atoms with Crippen LogP contribution in [0.4, 0.5) is 0 Å². The molecule has 0 saturated carbocycles. The summed E-state index contributed by atoms with van der Waals surface area (Å²) in [5.41, 5.74) is 2.33. The maximum Gasteiger partial charge on any atom is 0.252 e. The van der Waals surface area contributed by atoms with Crippen LogP contribution >= 0.6 is 0 Å². The molecular formula is C18H26N4O2. The second-order valence-corrected chi connectivity index (χ2v) is 7.01. The van der Waals surface area contributed by atoms with Crippen molar-refractivity contribution in [2.75, 3.05) is 13.2 Å². The van der Waals surface area contributed by atoms with E-state index in [2.05, 4.69) is 38.1 Å². The van der Waals surface area contributed by atoms with Gasteiger partial charge >= 0.3 is 0 Å². The molecule has 6 heteroatoms. The Morgan fingerprint density at radius 1 is 1.42 bits per heavy atom. The Bertz CT molecular complexity index is 730. The molecule has 1 aliphatic rings. The van der Waals surface area contributed by atoms with Crippen molar-refractivity contribution in [2.45, 2.75) is 58.6 Å². The largest absolute Gasteiger partial charge is 0.376 e. The van der Waals surface area contributed by atoms with Crippen molar-refractivity contribution in [1.82, 2.24) is 20.1 Å². The van der Waals surface area contributed by atoms with Crippen molar-refractivity contribution < 1.29 is 9.53 Å². The zero-order valence-corrected chi connectivity index (χ0v) is 14.9. The number of hydrogen-bond acceptors (Lipinski definition) is 4. The number of nitrogens with zero attached hydrogens (tertiary/aromatic N) is 3. The molecule has 1 fully saturated rings. The number of amides is 1. The molecule has 1 saturated heterocycles. The number of aromatic nitrogens is 3. The zero-order valence-electron chi connectivity index (χ0n) is 14.9. The average molecular weight is 330 g/mol. The van der Waals surface area contributed by atoms with E-state index in [0.29, 0.717) is 12.1 Å². The van der Waals surface area contributed by atoms with Gasteiger partial charge in [-0.2, -0.15) is 5.10 Å². The first kappa shape index (κ1) is 16.9. The number of ether oxygens (including phenoxy) is 1. The lowest BCUT2D eigenvalue weighted by Gasteiger charge is -2.14. The summed E-state index contributed by atoms with van der Waals surface area (Å²) in [6.07, 6.45) is 3.95. The Morgan fingerprint density at radius 2 is 2.21 bits per heavy atom. The van der Waals surface area contributed by atoms with Crippen molar-refractivity contribution in [3.63, 3.8) is 0 Å². The molecule has 0 aromatic carbocycles. The number of hydrogen-bond donors (Lipinski definition) is 1. The van der Waals surface area contributed by atoms with Gasteiger partial charge in [-0.05, 0) is 38.7 Å². The van der Waals surface area contributed by atoms with Crippen LogP contribution in [0.1, 0.15) is 68.5 Å². The summed E-state index contributed by atoms with van der Waals surface area (Å²) < 4.78 is 7.45. The summed E-state index contributed by atoms with van der Waals surface area (Å²) in [6.45, 7) is 9.63. The highest BCUT2D eigenvalue weighted by Gasteiger charge is 2.21. The molecule has 24 heavy (non-hydrogen) atoms. The minimum absolute atomic E-state index is 0.0805. The first-order valence-corrected chi connectivity index (χ1v) is 8.75. The third kappa shape index (κ3) is 3.29. The van der Waals surface area contributed by atoms with E-state index < -0.39 is 0 Å². The summed E-state index contributed by atoms with van der Waals surface area (Å²) in [5, 5.41) is 8.24. The van der Waals surface area contributed by atoms with Gasteiger partial charge in [0.25, 0.3) is 5.91 Å². The molecule has 2 aromatic heterocycles. The van der Waals surface area contributed by atoms with E-state index in [1.165, 1.54) is 0 Å². The second kappa shape index (κ2) is 6.89. The number of pyridine rings is 1. The number of carbonyl (C=O) groups is 1. The van der Waals surface area contributed by atoms with Gasteiger partial charge in [0.05, 0.1) is 23.3 Å². The van der Waals surface area contributed by atoms with Gasteiger partial charge in [0.2, 0.25) is 0 Å². The van der Waals surface area contributed by atoms with Crippen LogP contribution in [-0.4, -0.2) is 39.9 Å². The predicted octanol–water partition coefficient (Wildman–Crippen LogP) is 3.04. The standard InChI is InChI=1S/C18H26N4O2/c1-11(2)16-8-14(18(23)19-9-13-6-5-7-24-13)15-10-20-22(12(3)4)17(15)21-16/h8,10-13H,5-7,9H2,1-4H3,(H,19,23)/t13-/m0/s1. The first-order chi connectivity index (χ1) is 11.5. The molecule has 130 valence electrons. The smallest absolute Gasteiger partial charge is 0.252 e.